The van der Waals surface area contributed by atoms with Crippen LogP contribution >= 0.6 is 11.8 Å². The van der Waals surface area contributed by atoms with Crippen molar-refractivity contribution in [2.75, 3.05) is 12.9 Å². The number of rotatable bonds is 4. The van der Waals surface area contributed by atoms with E-state index in [9.17, 15) is 4.79 Å². The number of methoxy groups -OCH3 is 1. The molecule has 2 aromatic heterocycles. The van der Waals surface area contributed by atoms with Gasteiger partial charge in [-0.05, 0) is 60.3 Å². The van der Waals surface area contributed by atoms with Crippen LogP contribution in [0.15, 0.2) is 93.9 Å². The Morgan fingerprint density at radius 1 is 0.914 bits per heavy atom. The Kier molecular flexibility index (Phi) is 5.22. The first kappa shape index (κ1) is 21.4. The van der Waals surface area contributed by atoms with Gasteiger partial charge in [0.15, 0.2) is 5.82 Å². The number of benzene rings is 3. The van der Waals surface area contributed by atoms with Gasteiger partial charge in [-0.2, -0.15) is 9.78 Å². The summed E-state index contributed by atoms with van der Waals surface area (Å²) in [5.74, 6) is 2.07. The lowest BCUT2D eigenvalue weighted by Gasteiger charge is -2.15. The molecule has 0 bridgehead atoms. The molecule has 3 heterocycles. The van der Waals surface area contributed by atoms with Crippen LogP contribution in [0, 0.1) is 6.92 Å². The first-order valence-electron chi connectivity index (χ1n) is 11.1. The van der Waals surface area contributed by atoms with Crippen LogP contribution in [0.3, 0.4) is 0 Å². The fraction of sp³-hybridized carbons (Fsp3) is 0.111. The van der Waals surface area contributed by atoms with Crippen molar-refractivity contribution >= 4 is 28.2 Å². The molecule has 0 aliphatic carbocycles. The second kappa shape index (κ2) is 8.56. The van der Waals surface area contributed by atoms with Gasteiger partial charge in [0.05, 0.1) is 18.2 Å². The van der Waals surface area contributed by atoms with Crippen LogP contribution in [-0.2, 0) is 0 Å². The maximum atomic E-state index is 13.4. The third kappa shape index (κ3) is 3.72. The predicted octanol–water partition coefficient (Wildman–Crippen LogP) is 4.92. The molecule has 3 aromatic carbocycles. The Morgan fingerprint density at radius 2 is 1.71 bits per heavy atom. The van der Waals surface area contributed by atoms with Gasteiger partial charge in [0.1, 0.15) is 5.75 Å². The standard InChI is InChI=1S/C27H21N5O2S/c1-17-14-20-10-13-22(34-2)15-23(20)26(33)31(17)21-11-8-19(9-12-21)25-28-29-27-32(25)30-24(16-35-27)18-6-4-3-5-7-18/h3-15H,16H2,1-2H3. The van der Waals surface area contributed by atoms with Gasteiger partial charge in [-0.1, -0.05) is 48.2 Å². The van der Waals surface area contributed by atoms with Gasteiger partial charge in [0.2, 0.25) is 5.16 Å². The summed E-state index contributed by atoms with van der Waals surface area (Å²) in [4.78, 5) is 13.4. The summed E-state index contributed by atoms with van der Waals surface area (Å²) in [6.07, 6.45) is 0. The van der Waals surface area contributed by atoms with E-state index in [1.807, 2.05) is 67.6 Å². The van der Waals surface area contributed by atoms with Crippen LogP contribution in [-0.4, -0.2) is 38.0 Å². The molecule has 0 spiro atoms. The molecule has 0 unspecified atom stereocenters. The van der Waals surface area contributed by atoms with Crippen LogP contribution in [0.4, 0.5) is 0 Å². The molecule has 172 valence electrons. The monoisotopic (exact) mass is 479 g/mol. The van der Waals surface area contributed by atoms with Crippen molar-refractivity contribution in [1.29, 1.82) is 0 Å². The van der Waals surface area contributed by atoms with E-state index in [4.69, 9.17) is 9.84 Å². The maximum Gasteiger partial charge on any atom is 0.263 e. The van der Waals surface area contributed by atoms with Gasteiger partial charge in [0, 0.05) is 22.7 Å². The summed E-state index contributed by atoms with van der Waals surface area (Å²) in [6, 6.07) is 25.5. The summed E-state index contributed by atoms with van der Waals surface area (Å²) in [5, 5.41) is 15.8. The minimum Gasteiger partial charge on any atom is -0.497 e. The van der Waals surface area contributed by atoms with Crippen molar-refractivity contribution in [1.82, 2.24) is 19.4 Å². The normalized spacial score (nSPS) is 12.9. The van der Waals surface area contributed by atoms with Gasteiger partial charge in [-0.3, -0.25) is 9.36 Å². The smallest absolute Gasteiger partial charge is 0.263 e. The van der Waals surface area contributed by atoms with E-state index in [2.05, 4.69) is 22.3 Å². The lowest BCUT2D eigenvalue weighted by atomic mass is 10.1. The lowest BCUT2D eigenvalue weighted by molar-refractivity contribution is 0.415. The molecule has 0 atom stereocenters. The van der Waals surface area contributed by atoms with E-state index in [0.29, 0.717) is 17.0 Å². The van der Waals surface area contributed by atoms with Gasteiger partial charge in [-0.15, -0.1) is 10.2 Å². The highest BCUT2D eigenvalue weighted by atomic mass is 32.2. The Labute approximate surface area is 205 Å². The zero-order valence-corrected chi connectivity index (χ0v) is 20.0. The second-order valence-electron chi connectivity index (χ2n) is 8.25. The predicted molar refractivity (Wildman–Crippen MR) is 139 cm³/mol. The molecule has 0 N–H and O–H groups in total. The SMILES string of the molecule is COc1ccc2cc(C)n(-c3ccc(-c4nnc5n4N=C(c4ccccc4)CS5)cc3)c(=O)c2c1. The molecule has 1 aliphatic heterocycles. The highest BCUT2D eigenvalue weighted by molar-refractivity contribution is 7.99. The highest BCUT2D eigenvalue weighted by Gasteiger charge is 2.21. The van der Waals surface area contributed by atoms with Crippen LogP contribution in [0.5, 0.6) is 5.75 Å². The molecule has 5 aromatic rings. The van der Waals surface area contributed by atoms with E-state index >= 15 is 0 Å². The van der Waals surface area contributed by atoms with E-state index in [1.165, 1.54) is 0 Å². The van der Waals surface area contributed by atoms with Crippen molar-refractivity contribution in [2.24, 2.45) is 5.10 Å². The molecule has 0 amide bonds. The van der Waals surface area contributed by atoms with Crippen LogP contribution < -0.4 is 10.3 Å². The summed E-state index contributed by atoms with van der Waals surface area (Å²) in [7, 11) is 1.60. The summed E-state index contributed by atoms with van der Waals surface area (Å²) in [5.41, 5.74) is 4.49. The zero-order chi connectivity index (χ0) is 23.9. The van der Waals surface area contributed by atoms with Gasteiger partial charge in [0.25, 0.3) is 5.56 Å². The average Bonchev–Trinajstić information content (AvgIpc) is 3.33. The average molecular weight is 480 g/mol. The Bertz CT molecular complexity index is 1650. The van der Waals surface area contributed by atoms with E-state index in [0.717, 1.165) is 44.5 Å². The first-order chi connectivity index (χ1) is 17.1. The van der Waals surface area contributed by atoms with Crippen LogP contribution in [0.25, 0.3) is 27.8 Å². The molecule has 0 saturated heterocycles. The van der Waals surface area contributed by atoms with Crippen molar-refractivity contribution in [3.05, 3.63) is 100 Å². The lowest BCUT2D eigenvalue weighted by Crippen LogP contribution is -2.20. The third-order valence-electron chi connectivity index (χ3n) is 6.07. The van der Waals surface area contributed by atoms with Crippen LogP contribution in [0.2, 0.25) is 0 Å². The number of ether oxygens (including phenoxy) is 1. The van der Waals surface area contributed by atoms with Crippen LogP contribution in [0.1, 0.15) is 11.3 Å². The summed E-state index contributed by atoms with van der Waals surface area (Å²) < 4.78 is 8.83. The molecule has 35 heavy (non-hydrogen) atoms. The number of pyridine rings is 1. The molecule has 8 heteroatoms. The molecule has 0 radical (unpaired) electrons. The third-order valence-corrected chi connectivity index (χ3v) is 7.00. The minimum absolute atomic E-state index is 0.0833. The fourth-order valence-corrected chi connectivity index (χ4v) is 5.14. The maximum absolute atomic E-state index is 13.4. The van der Waals surface area contributed by atoms with E-state index < -0.39 is 0 Å². The molecule has 6 rings (SSSR count). The number of aromatic nitrogens is 4. The summed E-state index contributed by atoms with van der Waals surface area (Å²) in [6.45, 7) is 1.94. The molecule has 0 saturated carbocycles. The topological polar surface area (TPSA) is 74.3 Å². The molecule has 0 fully saturated rings. The Hall–Kier alpha value is -4.17. The molecular weight excluding hydrogens is 458 g/mol. The molecule has 7 nitrogen and oxygen atoms in total. The van der Waals surface area contributed by atoms with Crippen molar-refractivity contribution in [3.8, 4) is 22.8 Å². The van der Waals surface area contributed by atoms with Crippen molar-refractivity contribution in [2.45, 2.75) is 12.1 Å². The van der Waals surface area contributed by atoms with E-state index in [1.54, 1.807) is 34.2 Å². The van der Waals surface area contributed by atoms with Gasteiger partial charge in [-0.25, -0.2) is 0 Å². The Morgan fingerprint density at radius 3 is 2.49 bits per heavy atom. The number of fused-ring (bicyclic) bond motifs is 2. The quantitative estimate of drug-likeness (QED) is 0.366. The highest BCUT2D eigenvalue weighted by Crippen LogP contribution is 2.29. The number of hydrogen-bond acceptors (Lipinski definition) is 6. The van der Waals surface area contributed by atoms with E-state index in [-0.39, 0.29) is 5.56 Å². The largest absolute Gasteiger partial charge is 0.497 e. The number of nitrogens with zero attached hydrogens (tertiary/aromatic N) is 5. The first-order valence-corrected chi connectivity index (χ1v) is 12.1. The number of aryl methyl sites for hydroxylation is 1. The van der Waals surface area contributed by atoms with Crippen molar-refractivity contribution in [3.63, 3.8) is 0 Å². The molecule has 1 aliphatic rings. The minimum atomic E-state index is -0.0833. The molecular formula is C27H21N5O2S. The Balaban J connectivity index is 1.40. The number of hydrogen-bond donors (Lipinski definition) is 0. The second-order valence-corrected chi connectivity index (χ2v) is 9.19. The fourth-order valence-electron chi connectivity index (χ4n) is 4.30. The van der Waals surface area contributed by atoms with Gasteiger partial charge >= 0.3 is 0 Å². The van der Waals surface area contributed by atoms with Gasteiger partial charge < -0.3 is 4.74 Å². The number of thioether (sulfide) groups is 1. The van der Waals surface area contributed by atoms with Crippen molar-refractivity contribution < 1.29 is 4.74 Å². The summed E-state index contributed by atoms with van der Waals surface area (Å²) >= 11 is 1.62. The zero-order valence-electron chi connectivity index (χ0n) is 19.2.